The van der Waals surface area contributed by atoms with Gasteiger partial charge in [-0.3, -0.25) is 24.0 Å². The molecule has 2 heterocycles. The number of nitrogens with one attached hydrogen (secondary N) is 1. The monoisotopic (exact) mass is 307 g/mol. The number of aromatic nitrogens is 4. The number of hydrogen-bond donors (Lipinski definition) is 1. The highest BCUT2D eigenvalue weighted by Crippen LogP contribution is 2.41. The van der Waals surface area contributed by atoms with Crippen LogP contribution in [0.1, 0.15) is 23.8 Å². The number of amides is 1. The van der Waals surface area contributed by atoms with Gasteiger partial charge in [-0.1, -0.05) is 11.3 Å². The fraction of sp³-hybridized carbons (Fsp3) is 0.417. The van der Waals surface area contributed by atoms with Crippen LogP contribution in [0.15, 0.2) is 21.9 Å². The van der Waals surface area contributed by atoms with Gasteiger partial charge in [0.15, 0.2) is 0 Å². The molecule has 9 heteroatoms. The minimum Gasteiger partial charge on any atom is -0.299 e. The molecule has 8 nitrogen and oxygen atoms in total. The van der Waals surface area contributed by atoms with E-state index in [0.29, 0.717) is 11.0 Å². The third kappa shape index (κ3) is 2.92. The van der Waals surface area contributed by atoms with Crippen molar-refractivity contribution in [1.29, 1.82) is 0 Å². The summed E-state index contributed by atoms with van der Waals surface area (Å²) in [4.78, 5) is 35.0. The SMILES string of the molecule is Cn1c(=O)ccn(CC(=O)Nc2nnc(C3CC3)s2)c1=O. The Hall–Kier alpha value is -2.29. The summed E-state index contributed by atoms with van der Waals surface area (Å²) in [5, 5.41) is 11.9. The Morgan fingerprint density at radius 3 is 2.90 bits per heavy atom. The van der Waals surface area contributed by atoms with E-state index < -0.39 is 11.2 Å². The van der Waals surface area contributed by atoms with Gasteiger partial charge in [-0.25, -0.2) is 4.79 Å². The summed E-state index contributed by atoms with van der Waals surface area (Å²) in [5.41, 5.74) is -0.941. The first-order valence-corrected chi connectivity index (χ1v) is 7.26. The normalized spacial score (nSPS) is 14.1. The second kappa shape index (κ2) is 5.24. The molecule has 0 unspecified atom stereocenters. The van der Waals surface area contributed by atoms with Crippen LogP contribution in [0.2, 0.25) is 0 Å². The zero-order valence-corrected chi connectivity index (χ0v) is 12.1. The summed E-state index contributed by atoms with van der Waals surface area (Å²) >= 11 is 1.36. The maximum absolute atomic E-state index is 11.9. The largest absolute Gasteiger partial charge is 0.331 e. The maximum atomic E-state index is 11.9. The number of hydrogen-bond acceptors (Lipinski definition) is 6. The van der Waals surface area contributed by atoms with Crippen molar-refractivity contribution >= 4 is 22.4 Å². The number of carbonyl (C=O) groups excluding carboxylic acids is 1. The first kappa shape index (κ1) is 13.7. The molecule has 2 aromatic heterocycles. The summed E-state index contributed by atoms with van der Waals surface area (Å²) < 4.78 is 2.11. The summed E-state index contributed by atoms with van der Waals surface area (Å²) in [5.74, 6) is 0.105. The molecule has 0 atom stereocenters. The van der Waals surface area contributed by atoms with E-state index >= 15 is 0 Å². The number of nitrogens with zero attached hydrogens (tertiary/aromatic N) is 4. The van der Waals surface area contributed by atoms with E-state index in [1.807, 2.05) is 0 Å². The molecule has 1 saturated carbocycles. The van der Waals surface area contributed by atoms with Gasteiger partial charge in [-0.15, -0.1) is 10.2 Å². The molecule has 1 amide bonds. The molecule has 0 aromatic carbocycles. The van der Waals surface area contributed by atoms with Crippen LogP contribution in [-0.2, 0) is 18.4 Å². The van der Waals surface area contributed by atoms with Crippen molar-refractivity contribution in [3.05, 3.63) is 38.1 Å². The van der Waals surface area contributed by atoms with Gasteiger partial charge < -0.3 is 0 Å². The van der Waals surface area contributed by atoms with Gasteiger partial charge in [0.25, 0.3) is 5.56 Å². The van der Waals surface area contributed by atoms with Crippen LogP contribution in [-0.4, -0.2) is 25.2 Å². The van der Waals surface area contributed by atoms with Crippen molar-refractivity contribution in [2.75, 3.05) is 5.32 Å². The van der Waals surface area contributed by atoms with Crippen molar-refractivity contribution in [2.24, 2.45) is 7.05 Å². The molecule has 1 N–H and O–H groups in total. The van der Waals surface area contributed by atoms with Gasteiger partial charge in [0.05, 0.1) is 0 Å². The molecule has 3 rings (SSSR count). The van der Waals surface area contributed by atoms with Crippen LogP contribution in [0, 0.1) is 0 Å². The Bertz CT molecular complexity index is 802. The Balaban J connectivity index is 1.69. The molecule has 1 fully saturated rings. The Morgan fingerprint density at radius 1 is 1.43 bits per heavy atom. The molecular formula is C12H13N5O3S. The Kier molecular flexibility index (Phi) is 3.42. The maximum Gasteiger partial charge on any atom is 0.331 e. The van der Waals surface area contributed by atoms with Crippen molar-refractivity contribution in [3.8, 4) is 0 Å². The smallest absolute Gasteiger partial charge is 0.299 e. The molecule has 21 heavy (non-hydrogen) atoms. The predicted octanol–water partition coefficient (Wildman–Crippen LogP) is -0.0854. The third-order valence-electron chi connectivity index (χ3n) is 3.19. The molecule has 0 bridgehead atoms. The fourth-order valence-electron chi connectivity index (χ4n) is 1.83. The second-order valence-electron chi connectivity index (χ2n) is 4.89. The second-order valence-corrected chi connectivity index (χ2v) is 5.90. The van der Waals surface area contributed by atoms with Crippen molar-refractivity contribution in [3.63, 3.8) is 0 Å². The first-order valence-electron chi connectivity index (χ1n) is 6.44. The Labute approximate surface area is 123 Å². The van der Waals surface area contributed by atoms with Gasteiger partial charge in [-0.2, -0.15) is 0 Å². The van der Waals surface area contributed by atoms with Crippen LogP contribution >= 0.6 is 11.3 Å². The molecule has 0 spiro atoms. The minimum atomic E-state index is -0.534. The highest BCUT2D eigenvalue weighted by molar-refractivity contribution is 7.15. The number of anilines is 1. The van der Waals surface area contributed by atoms with Gasteiger partial charge in [-0.05, 0) is 12.8 Å². The zero-order chi connectivity index (χ0) is 15.0. The molecule has 0 saturated heterocycles. The Morgan fingerprint density at radius 2 is 2.19 bits per heavy atom. The van der Waals surface area contributed by atoms with Gasteiger partial charge in [0.2, 0.25) is 11.0 Å². The fourth-order valence-corrected chi connectivity index (χ4v) is 2.76. The zero-order valence-electron chi connectivity index (χ0n) is 11.3. The lowest BCUT2D eigenvalue weighted by molar-refractivity contribution is -0.116. The van der Waals surface area contributed by atoms with E-state index in [0.717, 1.165) is 22.4 Å². The van der Waals surface area contributed by atoms with E-state index in [4.69, 9.17) is 0 Å². The topological polar surface area (TPSA) is 98.9 Å². The van der Waals surface area contributed by atoms with E-state index in [1.54, 1.807) is 0 Å². The summed E-state index contributed by atoms with van der Waals surface area (Å²) in [6.07, 6.45) is 3.55. The summed E-state index contributed by atoms with van der Waals surface area (Å²) in [7, 11) is 1.37. The molecule has 1 aliphatic carbocycles. The van der Waals surface area contributed by atoms with Gasteiger partial charge in [0.1, 0.15) is 11.6 Å². The van der Waals surface area contributed by atoms with Crippen LogP contribution in [0.4, 0.5) is 5.13 Å². The standard InChI is InChI=1S/C12H13N5O3S/c1-16-9(19)4-5-17(12(16)20)6-8(18)13-11-15-14-10(21-11)7-2-3-7/h4-5,7H,2-3,6H2,1H3,(H,13,15,18). The highest BCUT2D eigenvalue weighted by Gasteiger charge is 2.27. The number of rotatable bonds is 4. The molecular weight excluding hydrogens is 294 g/mol. The van der Waals surface area contributed by atoms with E-state index in [-0.39, 0.29) is 12.5 Å². The number of carbonyl (C=O) groups is 1. The van der Waals surface area contributed by atoms with E-state index in [1.165, 1.54) is 35.2 Å². The molecule has 1 aliphatic rings. The highest BCUT2D eigenvalue weighted by atomic mass is 32.1. The van der Waals surface area contributed by atoms with Crippen LogP contribution < -0.4 is 16.6 Å². The average molecular weight is 307 g/mol. The minimum absolute atomic E-state index is 0.175. The first-order chi connectivity index (χ1) is 10.0. The van der Waals surface area contributed by atoms with E-state index in [2.05, 4.69) is 15.5 Å². The summed E-state index contributed by atoms with van der Waals surface area (Å²) in [6, 6.07) is 1.24. The van der Waals surface area contributed by atoms with Crippen molar-refractivity contribution in [2.45, 2.75) is 25.3 Å². The average Bonchev–Trinajstić information content (AvgIpc) is 3.20. The molecule has 0 aliphatic heterocycles. The quantitative estimate of drug-likeness (QED) is 0.851. The molecule has 0 radical (unpaired) electrons. The third-order valence-corrected chi connectivity index (χ3v) is 4.19. The van der Waals surface area contributed by atoms with E-state index in [9.17, 15) is 14.4 Å². The van der Waals surface area contributed by atoms with Crippen LogP contribution in [0.25, 0.3) is 0 Å². The lowest BCUT2D eigenvalue weighted by Gasteiger charge is -2.06. The molecule has 110 valence electrons. The lowest BCUT2D eigenvalue weighted by Crippen LogP contribution is -2.38. The van der Waals surface area contributed by atoms with Crippen molar-refractivity contribution in [1.82, 2.24) is 19.3 Å². The van der Waals surface area contributed by atoms with Gasteiger partial charge >= 0.3 is 5.69 Å². The lowest BCUT2D eigenvalue weighted by atomic mass is 10.5. The molecule has 2 aromatic rings. The van der Waals surface area contributed by atoms with Gasteiger partial charge in [0, 0.05) is 25.2 Å². The van der Waals surface area contributed by atoms with Crippen LogP contribution in [0.5, 0.6) is 0 Å². The predicted molar refractivity (Wildman–Crippen MR) is 76.5 cm³/mol. The van der Waals surface area contributed by atoms with Crippen molar-refractivity contribution < 1.29 is 4.79 Å². The summed E-state index contributed by atoms with van der Waals surface area (Å²) in [6.45, 7) is -0.175. The van der Waals surface area contributed by atoms with Crippen LogP contribution in [0.3, 0.4) is 0 Å².